The van der Waals surface area contributed by atoms with Crippen LogP contribution in [0.2, 0.25) is 0 Å². The highest BCUT2D eigenvalue weighted by molar-refractivity contribution is 5.79. The Morgan fingerprint density at radius 3 is 2.94 bits per heavy atom. The van der Waals surface area contributed by atoms with Crippen molar-refractivity contribution in [2.24, 2.45) is 5.92 Å². The van der Waals surface area contributed by atoms with Gasteiger partial charge in [0.05, 0.1) is 12.2 Å². The molecule has 1 atom stereocenters. The highest BCUT2D eigenvalue weighted by Gasteiger charge is 2.22. The molecule has 2 rings (SSSR count). The van der Waals surface area contributed by atoms with Crippen molar-refractivity contribution in [2.75, 3.05) is 13.1 Å². The number of nitrogens with zero attached hydrogens (tertiary/aromatic N) is 1. The normalized spacial score (nSPS) is 19.3. The summed E-state index contributed by atoms with van der Waals surface area (Å²) in [5.74, 6) is 0.325. The summed E-state index contributed by atoms with van der Waals surface area (Å²) in [4.78, 5) is 11.9. The summed E-state index contributed by atoms with van der Waals surface area (Å²) >= 11 is 0. The van der Waals surface area contributed by atoms with Gasteiger partial charge >= 0.3 is 0 Å². The van der Waals surface area contributed by atoms with Gasteiger partial charge in [-0.1, -0.05) is 0 Å². The van der Waals surface area contributed by atoms with Gasteiger partial charge in [-0.05, 0) is 32.9 Å². The van der Waals surface area contributed by atoms with Crippen LogP contribution < -0.4 is 10.6 Å². The topological polar surface area (TPSA) is 69.8 Å². The third-order valence-electron chi connectivity index (χ3n) is 3.09. The van der Waals surface area contributed by atoms with E-state index in [2.05, 4.69) is 20.8 Å². The van der Waals surface area contributed by atoms with Crippen LogP contribution in [0.4, 0.5) is 0 Å². The van der Waals surface area contributed by atoms with E-state index in [-0.39, 0.29) is 17.9 Å². The van der Waals surface area contributed by atoms with Gasteiger partial charge in [0.2, 0.25) is 5.91 Å². The highest BCUT2D eigenvalue weighted by Crippen LogP contribution is 2.15. The Morgan fingerprint density at radius 1 is 1.56 bits per heavy atom. The van der Waals surface area contributed by atoms with Crippen LogP contribution in [0.5, 0.6) is 0 Å². The van der Waals surface area contributed by atoms with E-state index in [4.69, 9.17) is 0 Å². The predicted octanol–water partition coefficient (Wildman–Crippen LogP) is 0.586. The quantitative estimate of drug-likeness (QED) is 0.701. The zero-order valence-corrected chi connectivity index (χ0v) is 9.49. The first-order chi connectivity index (χ1) is 7.77. The van der Waals surface area contributed by atoms with Gasteiger partial charge in [0.1, 0.15) is 0 Å². The smallest absolute Gasteiger partial charge is 0.223 e. The molecule has 5 nitrogen and oxygen atoms in total. The van der Waals surface area contributed by atoms with Gasteiger partial charge in [0, 0.05) is 17.7 Å². The van der Waals surface area contributed by atoms with Crippen LogP contribution in [0, 0.1) is 5.92 Å². The molecule has 5 heteroatoms. The van der Waals surface area contributed by atoms with E-state index in [1.165, 1.54) is 0 Å². The molecule has 0 radical (unpaired) electrons. The molecule has 0 aromatic carbocycles. The van der Waals surface area contributed by atoms with Gasteiger partial charge in [0.25, 0.3) is 0 Å². The largest absolute Gasteiger partial charge is 0.349 e. The Kier molecular flexibility index (Phi) is 3.56. The molecule has 1 fully saturated rings. The van der Waals surface area contributed by atoms with Gasteiger partial charge in [-0.25, -0.2) is 0 Å². The number of H-pyrrole nitrogens is 1. The second kappa shape index (κ2) is 5.12. The number of hydrogen-bond acceptors (Lipinski definition) is 3. The zero-order chi connectivity index (χ0) is 11.4. The SMILES string of the molecule is CC(NC(=O)C1CCNCC1)c1cn[nH]c1. The molecule has 1 aromatic rings. The summed E-state index contributed by atoms with van der Waals surface area (Å²) in [6.07, 6.45) is 5.43. The molecule has 1 aromatic heterocycles. The first-order valence-corrected chi connectivity index (χ1v) is 5.77. The van der Waals surface area contributed by atoms with Crippen molar-refractivity contribution in [3.05, 3.63) is 18.0 Å². The van der Waals surface area contributed by atoms with Crippen LogP contribution in [0.15, 0.2) is 12.4 Å². The number of aromatic nitrogens is 2. The average molecular weight is 222 g/mol. The van der Waals surface area contributed by atoms with Gasteiger partial charge in [-0.15, -0.1) is 0 Å². The average Bonchev–Trinajstić information content (AvgIpc) is 2.83. The Hall–Kier alpha value is -1.36. The number of nitrogens with one attached hydrogen (secondary N) is 3. The van der Waals surface area contributed by atoms with Crippen molar-refractivity contribution in [1.82, 2.24) is 20.8 Å². The number of carbonyl (C=O) groups is 1. The Balaban J connectivity index is 1.86. The molecule has 1 unspecified atom stereocenters. The minimum Gasteiger partial charge on any atom is -0.349 e. The fourth-order valence-electron chi connectivity index (χ4n) is 2.00. The Morgan fingerprint density at radius 2 is 2.31 bits per heavy atom. The predicted molar refractivity (Wildman–Crippen MR) is 60.7 cm³/mol. The van der Waals surface area contributed by atoms with Crippen LogP contribution in [0.3, 0.4) is 0 Å². The molecule has 2 heterocycles. The fraction of sp³-hybridized carbons (Fsp3) is 0.636. The maximum Gasteiger partial charge on any atom is 0.223 e. The lowest BCUT2D eigenvalue weighted by atomic mass is 9.97. The summed E-state index contributed by atoms with van der Waals surface area (Å²) in [6.45, 7) is 3.86. The zero-order valence-electron chi connectivity index (χ0n) is 9.49. The van der Waals surface area contributed by atoms with Gasteiger partial charge in [-0.2, -0.15) is 5.10 Å². The molecule has 0 spiro atoms. The van der Waals surface area contributed by atoms with Crippen LogP contribution in [0.25, 0.3) is 0 Å². The molecule has 1 amide bonds. The molecular formula is C11H18N4O. The standard InChI is InChI=1S/C11H18N4O/c1-8(10-6-13-14-7-10)15-11(16)9-2-4-12-5-3-9/h6-9,12H,2-5H2,1H3,(H,13,14)(H,15,16). The van der Waals surface area contributed by atoms with Crippen molar-refractivity contribution < 1.29 is 4.79 Å². The maximum atomic E-state index is 11.9. The first-order valence-electron chi connectivity index (χ1n) is 5.77. The van der Waals surface area contributed by atoms with E-state index in [0.717, 1.165) is 31.5 Å². The Labute approximate surface area is 95.0 Å². The van der Waals surface area contributed by atoms with E-state index in [1.807, 2.05) is 13.1 Å². The molecule has 88 valence electrons. The van der Waals surface area contributed by atoms with E-state index < -0.39 is 0 Å². The number of amides is 1. The summed E-state index contributed by atoms with van der Waals surface area (Å²) in [6, 6.07) is 0.0288. The maximum absolute atomic E-state index is 11.9. The number of carbonyl (C=O) groups excluding carboxylic acids is 1. The third kappa shape index (κ3) is 2.61. The molecule has 3 N–H and O–H groups in total. The second-order valence-electron chi connectivity index (χ2n) is 4.29. The van der Waals surface area contributed by atoms with E-state index in [9.17, 15) is 4.79 Å². The molecule has 0 aliphatic carbocycles. The molecule has 1 aliphatic rings. The lowest BCUT2D eigenvalue weighted by Gasteiger charge is -2.23. The monoisotopic (exact) mass is 222 g/mol. The molecule has 16 heavy (non-hydrogen) atoms. The van der Waals surface area contributed by atoms with Crippen molar-refractivity contribution in [3.63, 3.8) is 0 Å². The van der Waals surface area contributed by atoms with Crippen molar-refractivity contribution in [3.8, 4) is 0 Å². The van der Waals surface area contributed by atoms with Crippen LogP contribution >= 0.6 is 0 Å². The van der Waals surface area contributed by atoms with Crippen molar-refractivity contribution in [1.29, 1.82) is 0 Å². The number of rotatable bonds is 3. The van der Waals surface area contributed by atoms with Crippen LogP contribution in [-0.4, -0.2) is 29.2 Å². The van der Waals surface area contributed by atoms with E-state index in [0.29, 0.717) is 0 Å². The lowest BCUT2D eigenvalue weighted by molar-refractivity contribution is -0.126. The summed E-state index contributed by atoms with van der Waals surface area (Å²) in [5.41, 5.74) is 1.02. The summed E-state index contributed by atoms with van der Waals surface area (Å²) < 4.78 is 0. The number of aromatic amines is 1. The van der Waals surface area contributed by atoms with Crippen molar-refractivity contribution >= 4 is 5.91 Å². The number of piperidine rings is 1. The Bertz CT molecular complexity index is 330. The van der Waals surface area contributed by atoms with E-state index in [1.54, 1.807) is 6.20 Å². The molecule has 1 aliphatic heterocycles. The van der Waals surface area contributed by atoms with Gasteiger partial charge in [-0.3, -0.25) is 9.89 Å². The first kappa shape index (κ1) is 11.1. The molecule has 1 saturated heterocycles. The molecular weight excluding hydrogens is 204 g/mol. The molecule has 0 bridgehead atoms. The van der Waals surface area contributed by atoms with Crippen LogP contribution in [0.1, 0.15) is 31.4 Å². The fourth-order valence-corrected chi connectivity index (χ4v) is 2.00. The van der Waals surface area contributed by atoms with E-state index >= 15 is 0 Å². The third-order valence-corrected chi connectivity index (χ3v) is 3.09. The molecule has 0 saturated carbocycles. The minimum absolute atomic E-state index is 0.0288. The summed E-state index contributed by atoms with van der Waals surface area (Å²) in [7, 11) is 0. The van der Waals surface area contributed by atoms with Gasteiger partial charge < -0.3 is 10.6 Å². The van der Waals surface area contributed by atoms with Crippen molar-refractivity contribution in [2.45, 2.75) is 25.8 Å². The number of hydrogen-bond donors (Lipinski definition) is 3. The highest BCUT2D eigenvalue weighted by atomic mass is 16.1. The van der Waals surface area contributed by atoms with Gasteiger partial charge in [0.15, 0.2) is 0 Å². The minimum atomic E-state index is 0.0288. The summed E-state index contributed by atoms with van der Waals surface area (Å²) in [5, 5.41) is 12.9. The van der Waals surface area contributed by atoms with Crippen LogP contribution in [-0.2, 0) is 4.79 Å². The second-order valence-corrected chi connectivity index (χ2v) is 4.29. The lowest BCUT2D eigenvalue weighted by Crippen LogP contribution is -2.39.